The molecule has 69 heavy (non-hydrogen) atoms. The van der Waals surface area contributed by atoms with Crippen molar-refractivity contribution in [2.24, 2.45) is 0 Å². The Hall–Kier alpha value is -6.43. The predicted molar refractivity (Wildman–Crippen MR) is 292 cm³/mol. The third-order valence-corrected chi connectivity index (χ3v) is 15.2. The molecule has 0 amide bonds. The van der Waals surface area contributed by atoms with Crippen LogP contribution in [-0.4, -0.2) is 22.6 Å². The van der Waals surface area contributed by atoms with Gasteiger partial charge in [-0.05, 0) is 115 Å². The Morgan fingerprint density at radius 1 is 0.638 bits per heavy atom. The van der Waals surface area contributed by atoms with Crippen molar-refractivity contribution in [3.05, 3.63) is 192 Å². The summed E-state index contributed by atoms with van der Waals surface area (Å²) in [5, 5.41) is 7.87. The summed E-state index contributed by atoms with van der Waals surface area (Å²) in [5.41, 5.74) is 12.0. The molecule has 0 spiro atoms. The molecule has 0 aliphatic heterocycles. The van der Waals surface area contributed by atoms with Crippen LogP contribution in [-0.2, 0) is 20.1 Å². The van der Waals surface area contributed by atoms with E-state index in [0.717, 1.165) is 71.9 Å². The molecule has 0 atom stereocenters. The van der Waals surface area contributed by atoms with Crippen LogP contribution in [0.1, 0.15) is 87.0 Å². The molecule has 6 heteroatoms. The van der Waals surface area contributed by atoms with Crippen LogP contribution in [0.3, 0.4) is 0 Å². The number of para-hydroxylation sites is 1. The molecule has 4 nitrogen and oxygen atoms in total. The molecule has 0 saturated heterocycles. The summed E-state index contributed by atoms with van der Waals surface area (Å²) >= 11 is 0. The van der Waals surface area contributed by atoms with Crippen LogP contribution in [0.25, 0.3) is 94.0 Å². The van der Waals surface area contributed by atoms with Gasteiger partial charge in [-0.1, -0.05) is 163 Å². The normalized spacial score (nSPS) is 13.1. The number of imidazole rings is 1. The first kappa shape index (κ1) is 42.7. The summed E-state index contributed by atoms with van der Waals surface area (Å²) in [7, 11) is -1.50. The fraction of sp³-hybridized carbons (Fsp3) is 0.206. The number of aromatic nitrogens is 3. The predicted octanol–water partition coefficient (Wildman–Crippen LogP) is 17.1. The van der Waals surface area contributed by atoms with E-state index in [4.69, 9.17) is 14.9 Å². The van der Waals surface area contributed by atoms with Gasteiger partial charge in [0.05, 0.1) is 30.5 Å². The van der Waals surface area contributed by atoms with Gasteiger partial charge in [0.1, 0.15) is 5.58 Å². The molecule has 1 radical (unpaired) electrons. The van der Waals surface area contributed by atoms with Gasteiger partial charge in [-0.3, -0.25) is 4.98 Å². The molecular weight excluding hydrogens is 1040 g/mol. The van der Waals surface area contributed by atoms with Gasteiger partial charge in [0.15, 0.2) is 0 Å². The number of nitrogens with zero attached hydrogens (tertiary/aromatic N) is 3. The SMILES string of the molecule is [2H]C(C)(C)c1cc(-c2[c-]cccc2)ncc1[Si](C)(C)C.[2H]C([2H])([2H])c1cccc2nc(-c3[c-]ccc4c3oc3cc5c(ccc6ccccc65)cc34)n(-c3c(C(C)C)cc(-c4ccccc4)cc3C(C)C)c12.[Ir]. The van der Waals surface area contributed by atoms with E-state index in [-0.39, 0.29) is 37.5 Å². The van der Waals surface area contributed by atoms with E-state index >= 15 is 0 Å². The van der Waals surface area contributed by atoms with Crippen molar-refractivity contribution >= 4 is 67.8 Å². The zero-order valence-corrected chi connectivity index (χ0v) is 44.1. The van der Waals surface area contributed by atoms with E-state index in [1.54, 1.807) is 12.1 Å². The molecule has 0 fully saturated rings. The van der Waals surface area contributed by atoms with E-state index in [0.29, 0.717) is 28.0 Å². The second-order valence-electron chi connectivity index (χ2n) is 19.8. The quantitative estimate of drug-likeness (QED) is 0.0865. The van der Waals surface area contributed by atoms with Crippen molar-refractivity contribution in [1.29, 1.82) is 0 Å². The minimum Gasteiger partial charge on any atom is -0.501 e. The maximum atomic E-state index is 8.65. The average molecular weight is 1100 g/mol. The summed E-state index contributed by atoms with van der Waals surface area (Å²) < 4.78 is 43.3. The molecule has 11 aromatic rings. The molecule has 0 bridgehead atoms. The summed E-state index contributed by atoms with van der Waals surface area (Å²) in [5.74, 6) is 0.231. The number of benzene rings is 8. The van der Waals surface area contributed by atoms with E-state index in [9.17, 15) is 0 Å². The fourth-order valence-electron chi connectivity index (χ4n) is 9.70. The number of rotatable bonds is 8. The zero-order valence-electron chi connectivity index (χ0n) is 44.7. The molecule has 0 unspecified atom stereocenters. The molecule has 0 aliphatic carbocycles. The van der Waals surface area contributed by atoms with Crippen LogP contribution < -0.4 is 5.19 Å². The molecule has 0 aliphatic rings. The van der Waals surface area contributed by atoms with Gasteiger partial charge < -0.3 is 14.0 Å². The second-order valence-corrected chi connectivity index (χ2v) is 24.9. The first-order valence-corrected chi connectivity index (χ1v) is 27.2. The smallest absolute Gasteiger partial charge is 0.121 e. The molecule has 347 valence electrons. The summed E-state index contributed by atoms with van der Waals surface area (Å²) in [6.45, 7) is 17.2. The fourth-order valence-corrected chi connectivity index (χ4v) is 11.3. The van der Waals surface area contributed by atoms with Crippen LogP contribution in [0.4, 0.5) is 0 Å². The monoisotopic (exact) mass is 1100 g/mol. The number of aryl methyl sites for hydroxylation is 1. The van der Waals surface area contributed by atoms with Crippen LogP contribution in [0, 0.1) is 19.0 Å². The van der Waals surface area contributed by atoms with E-state index in [2.05, 4.69) is 160 Å². The minimum atomic E-state index is -2.37. The number of hydrogen-bond acceptors (Lipinski definition) is 3. The Bertz CT molecular complexity index is 3800. The number of fused-ring (bicyclic) bond motifs is 7. The van der Waals surface area contributed by atoms with Gasteiger partial charge >= 0.3 is 0 Å². The third kappa shape index (κ3) is 8.91. The zero-order chi connectivity index (χ0) is 50.9. The van der Waals surface area contributed by atoms with Crippen molar-refractivity contribution in [2.45, 2.75) is 85.8 Å². The molecule has 3 heterocycles. The Kier molecular flexibility index (Phi) is 11.8. The van der Waals surface area contributed by atoms with E-state index in [1.165, 1.54) is 16.0 Å². The Morgan fingerprint density at radius 2 is 1.36 bits per heavy atom. The first-order valence-electron chi connectivity index (χ1n) is 25.7. The Labute approximate surface area is 427 Å². The van der Waals surface area contributed by atoms with Gasteiger partial charge in [0, 0.05) is 42.9 Å². The number of hydrogen-bond donors (Lipinski definition) is 0. The molecule has 8 aromatic carbocycles. The maximum absolute atomic E-state index is 8.65. The van der Waals surface area contributed by atoms with Gasteiger partial charge in [0.25, 0.3) is 0 Å². The molecular formula is C63H59IrN3OSi-2. The van der Waals surface area contributed by atoms with E-state index in [1.807, 2.05) is 68.6 Å². The number of pyridine rings is 1. The Balaban J connectivity index is 0.000000264. The largest absolute Gasteiger partial charge is 0.501 e. The number of furan rings is 1. The standard InChI is InChI=1S/C46H37N2O.C17H22NSi.Ir/c1-27(2)37-24-33(30-14-7-6-8-15-30)25-38(28(3)4)44(37)48-43-29(5)13-11-20-41(43)47-46(48)36-19-12-18-35-40-23-32-22-21-31-16-9-10-17-34(31)39(32)26-42(40)49-45(35)36;1-13(2)15-11-16(14-9-7-6-8-10-14)18-12-17(15)19(3,4)5;/h6-18,20-28H,1-5H3;6-9,11-13H,1-5H3;/q2*-1;/i5D3;13D;. The van der Waals surface area contributed by atoms with Crippen molar-refractivity contribution in [1.82, 2.24) is 14.5 Å². The Morgan fingerprint density at radius 3 is 2.06 bits per heavy atom. The summed E-state index contributed by atoms with van der Waals surface area (Å²) in [4.78, 5) is 9.86. The van der Waals surface area contributed by atoms with Gasteiger partial charge in [-0.25, -0.2) is 0 Å². The second kappa shape index (κ2) is 19.2. The van der Waals surface area contributed by atoms with Crippen LogP contribution in [0.15, 0.2) is 162 Å². The molecule has 0 saturated carbocycles. The van der Waals surface area contributed by atoms with Crippen molar-refractivity contribution in [3.8, 4) is 39.5 Å². The first-order chi connectivity index (χ1) is 34.3. The molecule has 11 rings (SSSR count). The van der Waals surface area contributed by atoms with Gasteiger partial charge in [-0.2, -0.15) is 0 Å². The van der Waals surface area contributed by atoms with Crippen LogP contribution in [0.2, 0.25) is 19.6 Å². The summed E-state index contributed by atoms with van der Waals surface area (Å²) in [6, 6.07) is 58.1. The minimum absolute atomic E-state index is 0. The maximum Gasteiger partial charge on any atom is 0.121 e. The van der Waals surface area contributed by atoms with Gasteiger partial charge in [-0.15, -0.1) is 54.1 Å². The summed E-state index contributed by atoms with van der Waals surface area (Å²) in [6.07, 6.45) is 1.98. The topological polar surface area (TPSA) is 43.9 Å². The van der Waals surface area contributed by atoms with Crippen LogP contribution >= 0.6 is 0 Å². The third-order valence-electron chi connectivity index (χ3n) is 13.2. The molecule has 3 aromatic heterocycles. The average Bonchev–Trinajstić information content (AvgIpc) is 3.93. The van der Waals surface area contributed by atoms with Crippen molar-refractivity contribution in [3.63, 3.8) is 0 Å². The van der Waals surface area contributed by atoms with Crippen molar-refractivity contribution in [2.75, 3.05) is 0 Å². The van der Waals surface area contributed by atoms with E-state index < -0.39 is 20.8 Å². The van der Waals surface area contributed by atoms with Crippen molar-refractivity contribution < 1.29 is 30.0 Å². The molecule has 0 N–H and O–H groups in total. The van der Waals surface area contributed by atoms with Crippen LogP contribution in [0.5, 0.6) is 0 Å². The van der Waals surface area contributed by atoms with Gasteiger partial charge in [0.2, 0.25) is 0 Å².